The Morgan fingerprint density at radius 3 is 2.66 bits per heavy atom. The van der Waals surface area contributed by atoms with Crippen molar-refractivity contribution in [3.05, 3.63) is 58.5 Å². The minimum atomic E-state index is -0.754. The Morgan fingerprint density at radius 1 is 1.16 bits per heavy atom. The minimum Gasteiger partial charge on any atom is -0.462 e. The number of esters is 1. The van der Waals surface area contributed by atoms with E-state index in [2.05, 4.69) is 15.3 Å². The Balaban J connectivity index is 1.50. The molecule has 1 aliphatic heterocycles. The van der Waals surface area contributed by atoms with E-state index in [0.717, 1.165) is 21.4 Å². The fraction of sp³-hybridized carbons (Fsp3) is 0.304. The van der Waals surface area contributed by atoms with E-state index < -0.39 is 36.3 Å². The van der Waals surface area contributed by atoms with E-state index in [0.29, 0.717) is 23.2 Å². The van der Waals surface area contributed by atoms with Crippen molar-refractivity contribution in [1.82, 2.24) is 20.2 Å². The average molecular weight is 436 g/mol. The van der Waals surface area contributed by atoms with Crippen molar-refractivity contribution in [2.24, 2.45) is 0 Å². The average Bonchev–Trinajstić information content (AvgIpc) is 3.38. The molecule has 1 atom stereocenters. The molecular formula is C23H24N4O5. The smallest absolute Gasteiger partial charge is 0.340 e. The molecule has 2 aromatic heterocycles. The van der Waals surface area contributed by atoms with Gasteiger partial charge in [-0.1, -0.05) is 18.2 Å². The molecule has 1 aliphatic rings. The molecule has 0 radical (unpaired) electrons. The molecule has 3 amide bonds. The van der Waals surface area contributed by atoms with Crippen LogP contribution in [0, 0.1) is 13.8 Å². The fourth-order valence-electron chi connectivity index (χ4n) is 4.15. The lowest BCUT2D eigenvalue weighted by molar-refractivity contribution is -0.127. The standard InChI is InChI=1S/C23H24N4O5/c1-4-32-22(30)19-12(2)20(25-13(19)3)18(28)11-27-21(29)17(26-23(27)31)9-14-10-24-16-8-6-5-7-15(14)16/h5-8,10,17,24-25H,4,9,11H2,1-3H3,(H,26,31)/t17-/m1/s1. The van der Waals surface area contributed by atoms with Gasteiger partial charge in [0.2, 0.25) is 0 Å². The number of hydrogen-bond donors (Lipinski definition) is 3. The van der Waals surface area contributed by atoms with Crippen LogP contribution >= 0.6 is 0 Å². The Hall–Kier alpha value is -3.88. The van der Waals surface area contributed by atoms with Gasteiger partial charge in [0.25, 0.3) is 5.91 Å². The van der Waals surface area contributed by atoms with Crippen molar-refractivity contribution in [1.29, 1.82) is 0 Å². The maximum Gasteiger partial charge on any atom is 0.340 e. The highest BCUT2D eigenvalue weighted by atomic mass is 16.5. The number of ether oxygens (including phenoxy) is 1. The quantitative estimate of drug-likeness (QED) is 0.298. The number of rotatable bonds is 7. The van der Waals surface area contributed by atoms with Crippen LogP contribution in [0.1, 0.15) is 44.6 Å². The van der Waals surface area contributed by atoms with E-state index in [1.54, 1.807) is 20.8 Å². The van der Waals surface area contributed by atoms with Gasteiger partial charge in [-0.3, -0.25) is 14.5 Å². The molecule has 3 heterocycles. The number of ketones is 1. The number of amides is 3. The van der Waals surface area contributed by atoms with Gasteiger partial charge in [-0.2, -0.15) is 0 Å². The van der Waals surface area contributed by atoms with Crippen LogP contribution in [0.25, 0.3) is 10.9 Å². The van der Waals surface area contributed by atoms with Crippen LogP contribution in [0.5, 0.6) is 0 Å². The van der Waals surface area contributed by atoms with Gasteiger partial charge in [-0.15, -0.1) is 0 Å². The van der Waals surface area contributed by atoms with Gasteiger partial charge in [0.15, 0.2) is 5.78 Å². The Morgan fingerprint density at radius 2 is 1.91 bits per heavy atom. The Kier molecular flexibility index (Phi) is 5.56. The molecular weight excluding hydrogens is 412 g/mol. The lowest BCUT2D eigenvalue weighted by Crippen LogP contribution is -2.36. The SMILES string of the molecule is CCOC(=O)c1c(C)[nH]c(C(=O)CN2C(=O)N[C@H](Cc3c[nH]c4ccccc34)C2=O)c1C. The molecule has 0 unspecified atom stereocenters. The van der Waals surface area contributed by atoms with Crippen LogP contribution in [-0.2, 0) is 16.0 Å². The van der Waals surface area contributed by atoms with Crippen LogP contribution in [0.3, 0.4) is 0 Å². The normalized spacial score (nSPS) is 16.0. The van der Waals surface area contributed by atoms with Crippen LogP contribution in [-0.4, -0.2) is 57.8 Å². The zero-order valence-electron chi connectivity index (χ0n) is 18.1. The zero-order chi connectivity index (χ0) is 23.0. The number of aryl methyl sites for hydroxylation is 1. The number of fused-ring (bicyclic) bond motifs is 1. The van der Waals surface area contributed by atoms with Crippen molar-refractivity contribution in [2.45, 2.75) is 33.2 Å². The molecule has 4 rings (SSSR count). The molecule has 3 aromatic rings. The highest BCUT2D eigenvalue weighted by molar-refractivity contribution is 6.10. The van der Waals surface area contributed by atoms with E-state index in [9.17, 15) is 19.2 Å². The first kappa shape index (κ1) is 21.4. The third-order valence-electron chi connectivity index (χ3n) is 5.70. The summed E-state index contributed by atoms with van der Waals surface area (Å²) in [5.74, 6) is -1.44. The molecule has 0 aliphatic carbocycles. The first-order chi connectivity index (χ1) is 15.3. The van der Waals surface area contributed by atoms with Gasteiger partial charge in [0.05, 0.1) is 24.4 Å². The van der Waals surface area contributed by atoms with Crippen LogP contribution in [0.2, 0.25) is 0 Å². The van der Waals surface area contributed by atoms with E-state index in [-0.39, 0.29) is 12.3 Å². The van der Waals surface area contributed by atoms with E-state index in [1.807, 2.05) is 30.5 Å². The second kappa shape index (κ2) is 8.33. The number of nitrogens with one attached hydrogen (secondary N) is 3. The van der Waals surface area contributed by atoms with Gasteiger partial charge < -0.3 is 20.0 Å². The first-order valence-corrected chi connectivity index (χ1v) is 10.4. The van der Waals surface area contributed by atoms with Gasteiger partial charge in [-0.05, 0) is 38.0 Å². The third-order valence-corrected chi connectivity index (χ3v) is 5.70. The second-order valence-corrected chi connectivity index (χ2v) is 7.76. The fourth-order valence-corrected chi connectivity index (χ4v) is 4.15. The van der Waals surface area contributed by atoms with Crippen LogP contribution in [0.4, 0.5) is 4.79 Å². The monoisotopic (exact) mass is 436 g/mol. The predicted molar refractivity (Wildman–Crippen MR) is 117 cm³/mol. The summed E-state index contributed by atoms with van der Waals surface area (Å²) in [7, 11) is 0. The molecule has 0 bridgehead atoms. The van der Waals surface area contributed by atoms with Crippen LogP contribution in [0.15, 0.2) is 30.5 Å². The number of Topliss-reactive ketones (excluding diaryl/α,β-unsaturated/α-hetero) is 1. The molecule has 3 N–H and O–H groups in total. The number of aromatic nitrogens is 2. The number of carbonyl (C=O) groups excluding carboxylic acids is 4. The second-order valence-electron chi connectivity index (χ2n) is 7.76. The maximum atomic E-state index is 12.9. The number of carbonyl (C=O) groups is 4. The summed E-state index contributed by atoms with van der Waals surface area (Å²) in [5, 5.41) is 3.65. The minimum absolute atomic E-state index is 0.186. The highest BCUT2D eigenvalue weighted by Gasteiger charge is 2.39. The Labute approximate surface area is 184 Å². The number of urea groups is 1. The Bertz CT molecular complexity index is 1240. The van der Waals surface area contributed by atoms with Gasteiger partial charge in [0.1, 0.15) is 6.04 Å². The van der Waals surface area contributed by atoms with E-state index >= 15 is 0 Å². The van der Waals surface area contributed by atoms with Crippen molar-refractivity contribution < 1.29 is 23.9 Å². The summed E-state index contributed by atoms with van der Waals surface area (Å²) >= 11 is 0. The molecule has 0 spiro atoms. The molecule has 9 nitrogen and oxygen atoms in total. The lowest BCUT2D eigenvalue weighted by atomic mass is 10.0. The van der Waals surface area contributed by atoms with Crippen molar-refractivity contribution >= 4 is 34.6 Å². The topological polar surface area (TPSA) is 124 Å². The number of hydrogen-bond acceptors (Lipinski definition) is 5. The molecule has 1 aromatic carbocycles. The number of imide groups is 1. The van der Waals surface area contributed by atoms with Crippen LogP contribution < -0.4 is 5.32 Å². The summed E-state index contributed by atoms with van der Waals surface area (Å²) in [4.78, 5) is 57.4. The summed E-state index contributed by atoms with van der Waals surface area (Å²) in [6.07, 6.45) is 2.13. The summed E-state index contributed by atoms with van der Waals surface area (Å²) in [6, 6.07) is 6.34. The van der Waals surface area contributed by atoms with Crippen molar-refractivity contribution in [3.63, 3.8) is 0 Å². The molecule has 0 saturated carbocycles. The summed E-state index contributed by atoms with van der Waals surface area (Å²) < 4.78 is 5.04. The predicted octanol–water partition coefficient (Wildman–Crippen LogP) is 2.64. The van der Waals surface area contributed by atoms with E-state index in [4.69, 9.17) is 4.74 Å². The number of para-hydroxylation sites is 1. The molecule has 166 valence electrons. The van der Waals surface area contributed by atoms with Gasteiger partial charge >= 0.3 is 12.0 Å². The maximum absolute atomic E-state index is 12.9. The first-order valence-electron chi connectivity index (χ1n) is 10.4. The van der Waals surface area contributed by atoms with Gasteiger partial charge in [0, 0.05) is 29.2 Å². The number of H-pyrrole nitrogens is 2. The molecule has 1 fully saturated rings. The molecule has 1 saturated heterocycles. The largest absolute Gasteiger partial charge is 0.462 e. The summed E-state index contributed by atoms with van der Waals surface area (Å²) in [6.45, 7) is 4.80. The van der Waals surface area contributed by atoms with Crippen molar-refractivity contribution in [3.8, 4) is 0 Å². The van der Waals surface area contributed by atoms with Gasteiger partial charge in [-0.25, -0.2) is 9.59 Å². The highest BCUT2D eigenvalue weighted by Crippen LogP contribution is 2.23. The summed E-state index contributed by atoms with van der Waals surface area (Å²) in [5.41, 5.74) is 3.27. The lowest BCUT2D eigenvalue weighted by Gasteiger charge is -2.12. The van der Waals surface area contributed by atoms with E-state index in [1.165, 1.54) is 0 Å². The molecule has 32 heavy (non-hydrogen) atoms. The van der Waals surface area contributed by atoms with Crippen molar-refractivity contribution in [2.75, 3.05) is 13.2 Å². The zero-order valence-corrected chi connectivity index (χ0v) is 18.1. The molecule has 9 heteroatoms. The number of benzene rings is 1. The number of aromatic amines is 2. The number of nitrogens with zero attached hydrogens (tertiary/aromatic N) is 1. The third kappa shape index (κ3) is 3.66.